The molecule has 0 amide bonds. The van der Waals surface area contributed by atoms with Gasteiger partial charge in [0.05, 0.1) is 0 Å². The van der Waals surface area contributed by atoms with E-state index in [0.717, 1.165) is 44.5 Å². The van der Waals surface area contributed by atoms with Crippen LogP contribution in [0.5, 0.6) is 0 Å². The van der Waals surface area contributed by atoms with Crippen LogP contribution in [-0.4, -0.2) is 0 Å². The van der Waals surface area contributed by atoms with E-state index in [9.17, 15) is 8.78 Å². The van der Waals surface area contributed by atoms with Gasteiger partial charge in [-0.25, -0.2) is 8.78 Å². The molecule has 1 aliphatic carbocycles. The summed E-state index contributed by atoms with van der Waals surface area (Å²) in [7, 11) is 0. The third-order valence-electron chi connectivity index (χ3n) is 5.16. The number of rotatable bonds is 2. The Morgan fingerprint density at radius 3 is 1.32 bits per heavy atom. The van der Waals surface area contributed by atoms with Crippen LogP contribution in [-0.2, 0) is 0 Å². The van der Waals surface area contributed by atoms with Gasteiger partial charge in [0.25, 0.3) is 0 Å². The highest BCUT2D eigenvalue weighted by atomic mass is 19.1. The molecule has 28 heavy (non-hydrogen) atoms. The van der Waals surface area contributed by atoms with Crippen molar-refractivity contribution in [3.8, 4) is 11.1 Å². The van der Waals surface area contributed by atoms with E-state index in [1.165, 1.54) is 24.3 Å². The van der Waals surface area contributed by atoms with Gasteiger partial charge in [0.2, 0.25) is 0 Å². The van der Waals surface area contributed by atoms with Crippen molar-refractivity contribution in [3.05, 3.63) is 131 Å². The molecule has 2 heteroatoms. The smallest absolute Gasteiger partial charge is 0.123 e. The zero-order chi connectivity index (χ0) is 19.1. The van der Waals surface area contributed by atoms with Crippen molar-refractivity contribution in [2.24, 2.45) is 0 Å². The van der Waals surface area contributed by atoms with Gasteiger partial charge in [-0.05, 0) is 68.8 Å². The molecule has 1 aliphatic rings. The zero-order valence-electron chi connectivity index (χ0n) is 15.0. The Labute approximate surface area is 162 Å². The molecule has 5 rings (SSSR count). The number of hydrogen-bond donors (Lipinski definition) is 0. The van der Waals surface area contributed by atoms with E-state index in [1.807, 2.05) is 36.4 Å². The van der Waals surface area contributed by atoms with Crippen LogP contribution in [0.3, 0.4) is 0 Å². The average molecular weight is 366 g/mol. The molecule has 0 saturated carbocycles. The third kappa shape index (κ3) is 2.66. The minimum absolute atomic E-state index is 0.313. The molecule has 0 saturated heterocycles. The lowest BCUT2D eigenvalue weighted by atomic mass is 9.88. The van der Waals surface area contributed by atoms with Gasteiger partial charge in [-0.1, -0.05) is 72.8 Å². The van der Waals surface area contributed by atoms with E-state index >= 15 is 0 Å². The van der Waals surface area contributed by atoms with Crippen LogP contribution in [0.25, 0.3) is 22.3 Å². The van der Waals surface area contributed by atoms with E-state index in [0.29, 0.717) is 0 Å². The molecule has 0 radical (unpaired) electrons. The maximum Gasteiger partial charge on any atom is 0.123 e. The van der Waals surface area contributed by atoms with Crippen LogP contribution in [0.2, 0.25) is 0 Å². The van der Waals surface area contributed by atoms with Gasteiger partial charge in [-0.15, -0.1) is 0 Å². The number of hydrogen-bond acceptors (Lipinski definition) is 0. The second kappa shape index (κ2) is 6.58. The molecule has 0 fully saturated rings. The first-order valence-electron chi connectivity index (χ1n) is 9.18. The fourth-order valence-corrected chi connectivity index (χ4v) is 4.03. The fraction of sp³-hybridized carbons (Fsp3) is 0. The van der Waals surface area contributed by atoms with Crippen molar-refractivity contribution in [2.75, 3.05) is 0 Å². The number of fused-ring (bicyclic) bond motifs is 3. The Kier molecular flexibility index (Phi) is 3.91. The predicted molar refractivity (Wildman–Crippen MR) is 110 cm³/mol. The van der Waals surface area contributed by atoms with Gasteiger partial charge in [-0.2, -0.15) is 0 Å². The van der Waals surface area contributed by atoms with Crippen LogP contribution in [0.4, 0.5) is 8.78 Å². The second-order valence-electron chi connectivity index (χ2n) is 6.86. The van der Waals surface area contributed by atoms with Crippen molar-refractivity contribution in [3.63, 3.8) is 0 Å². The number of halogens is 2. The molecule has 4 aromatic carbocycles. The molecule has 0 nitrogen and oxygen atoms in total. The Morgan fingerprint density at radius 2 is 0.893 bits per heavy atom. The van der Waals surface area contributed by atoms with Crippen molar-refractivity contribution in [1.29, 1.82) is 0 Å². The Bertz CT molecular complexity index is 1140. The lowest BCUT2D eigenvalue weighted by Gasteiger charge is -2.15. The van der Waals surface area contributed by atoms with Crippen molar-refractivity contribution in [1.82, 2.24) is 0 Å². The van der Waals surface area contributed by atoms with Crippen molar-refractivity contribution >= 4 is 11.1 Å². The monoisotopic (exact) mass is 366 g/mol. The summed E-state index contributed by atoms with van der Waals surface area (Å²) in [4.78, 5) is 0. The van der Waals surface area contributed by atoms with E-state index < -0.39 is 0 Å². The second-order valence-corrected chi connectivity index (χ2v) is 6.86. The first kappa shape index (κ1) is 16.6. The van der Waals surface area contributed by atoms with Gasteiger partial charge < -0.3 is 0 Å². The summed E-state index contributed by atoms with van der Waals surface area (Å²) < 4.78 is 28.2. The lowest BCUT2D eigenvalue weighted by Crippen LogP contribution is -1.96. The van der Waals surface area contributed by atoms with Crippen LogP contribution in [0, 0.1) is 11.6 Å². The molecule has 0 heterocycles. The van der Waals surface area contributed by atoms with Crippen LogP contribution in [0.1, 0.15) is 22.3 Å². The third-order valence-corrected chi connectivity index (χ3v) is 5.16. The summed E-state index contributed by atoms with van der Waals surface area (Å²) in [5, 5.41) is 0. The zero-order valence-corrected chi connectivity index (χ0v) is 15.0. The molecular weight excluding hydrogens is 350 g/mol. The van der Waals surface area contributed by atoms with Gasteiger partial charge in [-0.3, -0.25) is 0 Å². The van der Waals surface area contributed by atoms with Crippen LogP contribution >= 0.6 is 0 Å². The largest absolute Gasteiger partial charge is 0.207 e. The lowest BCUT2D eigenvalue weighted by molar-refractivity contribution is 0.627. The highest BCUT2D eigenvalue weighted by Gasteiger charge is 2.26. The molecule has 0 unspecified atom stereocenters. The van der Waals surface area contributed by atoms with E-state index in [2.05, 4.69) is 24.3 Å². The minimum Gasteiger partial charge on any atom is -0.207 e. The summed E-state index contributed by atoms with van der Waals surface area (Å²) in [5.41, 5.74) is 7.72. The predicted octanol–water partition coefficient (Wildman–Crippen LogP) is 6.95. The van der Waals surface area contributed by atoms with E-state index in [-0.39, 0.29) is 11.6 Å². The normalized spacial score (nSPS) is 11.9. The molecule has 0 atom stereocenters. The van der Waals surface area contributed by atoms with Crippen molar-refractivity contribution in [2.45, 2.75) is 0 Å². The minimum atomic E-state index is -0.313. The first-order valence-corrected chi connectivity index (χ1v) is 9.18. The summed E-state index contributed by atoms with van der Waals surface area (Å²) in [5.74, 6) is -0.627. The molecule has 0 spiro atoms. The van der Waals surface area contributed by atoms with Crippen LogP contribution in [0.15, 0.2) is 97.1 Å². The Hall–Kier alpha value is -3.52. The highest BCUT2D eigenvalue weighted by Crippen LogP contribution is 2.48. The first-order chi connectivity index (χ1) is 13.7. The van der Waals surface area contributed by atoms with Gasteiger partial charge in [0.15, 0.2) is 0 Å². The molecule has 0 bridgehead atoms. The molecule has 4 aromatic rings. The molecule has 0 aromatic heterocycles. The summed E-state index contributed by atoms with van der Waals surface area (Å²) in [6.07, 6.45) is 0. The molecule has 0 N–H and O–H groups in total. The van der Waals surface area contributed by atoms with Crippen LogP contribution < -0.4 is 0 Å². The topological polar surface area (TPSA) is 0 Å². The average Bonchev–Trinajstić information content (AvgIpc) is 3.03. The number of benzene rings is 4. The fourth-order valence-electron chi connectivity index (χ4n) is 4.03. The quantitative estimate of drug-likeness (QED) is 0.317. The standard InChI is InChI=1S/C26H16F2/c27-19-9-5-7-17(15-19)25(18-8-6-10-20(28)16-18)26-23-13-3-1-11-21(23)22-12-2-4-14-24(22)26/h1-16H. The SMILES string of the molecule is Fc1cccc(C(=C2c3ccccc3-c3ccccc32)c2cccc(F)c2)c1. The Morgan fingerprint density at radius 1 is 0.464 bits per heavy atom. The van der Waals surface area contributed by atoms with E-state index in [4.69, 9.17) is 0 Å². The maximum absolute atomic E-state index is 14.1. The van der Waals surface area contributed by atoms with E-state index in [1.54, 1.807) is 12.1 Å². The summed E-state index contributed by atoms with van der Waals surface area (Å²) >= 11 is 0. The molecular formula is C26H16F2. The van der Waals surface area contributed by atoms with Crippen molar-refractivity contribution < 1.29 is 8.78 Å². The molecule has 134 valence electrons. The van der Waals surface area contributed by atoms with Gasteiger partial charge in [0.1, 0.15) is 11.6 Å². The maximum atomic E-state index is 14.1. The summed E-state index contributed by atoms with van der Waals surface area (Å²) in [6.45, 7) is 0. The van der Waals surface area contributed by atoms with Gasteiger partial charge >= 0.3 is 0 Å². The molecule has 0 aliphatic heterocycles. The highest BCUT2D eigenvalue weighted by molar-refractivity contribution is 6.13. The Balaban J connectivity index is 1.93. The van der Waals surface area contributed by atoms with Gasteiger partial charge in [0, 0.05) is 0 Å². The summed E-state index contributed by atoms with van der Waals surface area (Å²) in [6, 6.07) is 29.4.